The average Bonchev–Trinajstić information content (AvgIpc) is 2.84. The Morgan fingerprint density at radius 2 is 1.89 bits per heavy atom. The fourth-order valence-electron chi connectivity index (χ4n) is 3.29. The molecule has 2 unspecified atom stereocenters. The van der Waals surface area contributed by atoms with Crippen molar-refractivity contribution in [3.63, 3.8) is 0 Å². The predicted molar refractivity (Wildman–Crippen MR) is 78.5 cm³/mol. The van der Waals surface area contributed by atoms with Crippen LogP contribution in [0.5, 0.6) is 0 Å². The van der Waals surface area contributed by atoms with Crippen molar-refractivity contribution in [2.75, 3.05) is 5.75 Å². The van der Waals surface area contributed by atoms with Gasteiger partial charge in [-0.05, 0) is 48.8 Å². The number of halogens is 1. The van der Waals surface area contributed by atoms with Crippen molar-refractivity contribution >= 4 is 21.4 Å². The fraction of sp³-hybridized carbons (Fsp3) is 0.600. The molecule has 0 spiro atoms. The summed E-state index contributed by atoms with van der Waals surface area (Å²) in [6, 6.07) is 6.28. The Labute approximate surface area is 120 Å². The van der Waals surface area contributed by atoms with Crippen molar-refractivity contribution in [2.45, 2.75) is 49.2 Å². The minimum absolute atomic E-state index is 0.297. The minimum Gasteiger partial charge on any atom is -0.228 e. The largest absolute Gasteiger partial charge is 0.228 e. The van der Waals surface area contributed by atoms with E-state index in [4.69, 9.17) is 11.6 Å². The van der Waals surface area contributed by atoms with Gasteiger partial charge in [0.25, 0.3) is 0 Å². The van der Waals surface area contributed by atoms with Crippen LogP contribution in [0.2, 0.25) is 0 Å². The molecule has 1 aromatic carbocycles. The molecule has 1 aliphatic heterocycles. The molecule has 4 heteroatoms. The quantitative estimate of drug-likeness (QED) is 0.784. The molecule has 2 aliphatic rings. The molecule has 19 heavy (non-hydrogen) atoms. The molecular formula is C15H19ClO2S. The molecule has 2 nitrogen and oxygen atoms in total. The Hall–Kier alpha value is -0.540. The maximum atomic E-state index is 12.1. The number of hydrogen-bond donors (Lipinski definition) is 0. The molecule has 0 saturated carbocycles. The van der Waals surface area contributed by atoms with E-state index < -0.39 is 20.5 Å². The van der Waals surface area contributed by atoms with E-state index in [1.807, 2.05) is 6.07 Å². The lowest BCUT2D eigenvalue weighted by Gasteiger charge is -2.26. The van der Waals surface area contributed by atoms with Crippen molar-refractivity contribution in [1.29, 1.82) is 0 Å². The Morgan fingerprint density at radius 1 is 1.11 bits per heavy atom. The zero-order chi connectivity index (χ0) is 13.5. The van der Waals surface area contributed by atoms with E-state index in [1.54, 1.807) is 0 Å². The van der Waals surface area contributed by atoms with Gasteiger partial charge in [-0.2, -0.15) is 0 Å². The van der Waals surface area contributed by atoms with E-state index in [2.05, 4.69) is 12.1 Å². The Morgan fingerprint density at radius 3 is 2.68 bits per heavy atom. The molecule has 0 radical (unpaired) electrons. The summed E-state index contributed by atoms with van der Waals surface area (Å²) in [5.74, 6) is 0.297. The molecule has 0 aromatic heterocycles. The normalized spacial score (nSPS) is 26.9. The zero-order valence-electron chi connectivity index (χ0n) is 10.9. The lowest BCUT2D eigenvalue weighted by atomic mass is 10.0. The summed E-state index contributed by atoms with van der Waals surface area (Å²) in [6.07, 6.45) is 5.90. The molecule has 1 aliphatic carbocycles. The van der Waals surface area contributed by atoms with Crippen molar-refractivity contribution in [2.24, 2.45) is 0 Å². The summed E-state index contributed by atoms with van der Waals surface area (Å²) < 4.78 is 24.3. The minimum atomic E-state index is -3.02. The molecule has 1 fully saturated rings. The second-order valence-electron chi connectivity index (χ2n) is 5.68. The standard InChI is InChI=1S/C15H19ClO2S/c16-15(14-6-1-2-9-19(14,17)18)13-8-7-11-4-3-5-12(11)10-13/h7-8,10,14-15H,1-6,9H2. The van der Waals surface area contributed by atoms with Crippen LogP contribution in [-0.2, 0) is 22.7 Å². The third-order valence-corrected chi connectivity index (χ3v) is 7.39. The molecule has 104 valence electrons. The SMILES string of the molecule is O=S1(=O)CCCCC1C(Cl)c1ccc2c(c1)CCC2. The molecule has 0 amide bonds. The molecule has 1 heterocycles. The summed E-state index contributed by atoms with van der Waals surface area (Å²) in [5, 5.41) is -0.793. The third kappa shape index (κ3) is 2.55. The number of benzene rings is 1. The first kappa shape index (κ1) is 13.4. The lowest BCUT2D eigenvalue weighted by Crippen LogP contribution is -2.31. The molecule has 1 saturated heterocycles. The van der Waals surface area contributed by atoms with Crippen LogP contribution in [0.15, 0.2) is 18.2 Å². The summed E-state index contributed by atoms with van der Waals surface area (Å²) in [4.78, 5) is 0. The smallest absolute Gasteiger partial charge is 0.154 e. The summed E-state index contributed by atoms with van der Waals surface area (Å²) in [7, 11) is -3.02. The number of aryl methyl sites for hydroxylation is 2. The number of sulfone groups is 1. The van der Waals surface area contributed by atoms with Gasteiger partial charge < -0.3 is 0 Å². The third-order valence-electron chi connectivity index (χ3n) is 4.40. The molecule has 0 N–H and O–H groups in total. The first-order valence-corrected chi connectivity index (χ1v) is 9.20. The van der Waals surface area contributed by atoms with Gasteiger partial charge in [0.15, 0.2) is 9.84 Å². The first-order valence-electron chi connectivity index (χ1n) is 7.05. The van der Waals surface area contributed by atoms with E-state index in [0.717, 1.165) is 31.2 Å². The maximum Gasteiger partial charge on any atom is 0.154 e. The van der Waals surface area contributed by atoms with Gasteiger partial charge in [0.1, 0.15) is 0 Å². The van der Waals surface area contributed by atoms with Gasteiger partial charge in [0.05, 0.1) is 16.4 Å². The van der Waals surface area contributed by atoms with E-state index >= 15 is 0 Å². The van der Waals surface area contributed by atoms with E-state index in [-0.39, 0.29) is 0 Å². The van der Waals surface area contributed by atoms with Crippen molar-refractivity contribution < 1.29 is 8.42 Å². The van der Waals surface area contributed by atoms with Gasteiger partial charge in [-0.3, -0.25) is 0 Å². The second-order valence-corrected chi connectivity index (χ2v) is 8.49. The summed E-state index contributed by atoms with van der Waals surface area (Å²) in [6.45, 7) is 0. The van der Waals surface area contributed by atoms with Gasteiger partial charge in [0.2, 0.25) is 0 Å². The van der Waals surface area contributed by atoms with Gasteiger partial charge in [-0.1, -0.05) is 24.6 Å². The molecule has 1 aromatic rings. The predicted octanol–water partition coefficient (Wildman–Crippen LogP) is 3.42. The Kier molecular flexibility index (Phi) is 3.61. The number of rotatable bonds is 2. The van der Waals surface area contributed by atoms with Crippen molar-refractivity contribution in [3.05, 3.63) is 34.9 Å². The highest BCUT2D eigenvalue weighted by atomic mass is 35.5. The van der Waals surface area contributed by atoms with Crippen LogP contribution in [0.3, 0.4) is 0 Å². The lowest BCUT2D eigenvalue weighted by molar-refractivity contribution is 0.534. The first-order chi connectivity index (χ1) is 9.08. The highest BCUT2D eigenvalue weighted by Gasteiger charge is 2.35. The van der Waals surface area contributed by atoms with E-state index in [1.165, 1.54) is 17.5 Å². The molecule has 0 bridgehead atoms. The summed E-state index contributed by atoms with van der Waals surface area (Å²) >= 11 is 6.49. The van der Waals surface area contributed by atoms with Gasteiger partial charge in [0, 0.05) is 0 Å². The number of hydrogen-bond acceptors (Lipinski definition) is 2. The number of alkyl halides is 1. The molecule has 3 rings (SSSR count). The Bertz CT molecular complexity index is 580. The zero-order valence-corrected chi connectivity index (χ0v) is 12.5. The monoisotopic (exact) mass is 298 g/mol. The van der Waals surface area contributed by atoms with Crippen LogP contribution in [0.4, 0.5) is 0 Å². The van der Waals surface area contributed by atoms with Crippen molar-refractivity contribution in [1.82, 2.24) is 0 Å². The summed E-state index contributed by atoms with van der Waals surface area (Å²) in [5.41, 5.74) is 3.74. The van der Waals surface area contributed by atoms with Crippen LogP contribution in [-0.4, -0.2) is 19.4 Å². The van der Waals surface area contributed by atoms with Gasteiger partial charge >= 0.3 is 0 Å². The number of fused-ring (bicyclic) bond motifs is 1. The van der Waals surface area contributed by atoms with E-state index in [9.17, 15) is 8.42 Å². The fourth-order valence-corrected chi connectivity index (χ4v) is 5.97. The van der Waals surface area contributed by atoms with Crippen LogP contribution < -0.4 is 0 Å². The van der Waals surface area contributed by atoms with Crippen LogP contribution in [0.1, 0.15) is 47.8 Å². The van der Waals surface area contributed by atoms with Crippen LogP contribution >= 0.6 is 11.6 Å². The maximum absolute atomic E-state index is 12.1. The molecular weight excluding hydrogens is 280 g/mol. The van der Waals surface area contributed by atoms with Crippen molar-refractivity contribution in [3.8, 4) is 0 Å². The van der Waals surface area contributed by atoms with Gasteiger partial charge in [-0.25, -0.2) is 8.42 Å². The molecule has 2 atom stereocenters. The van der Waals surface area contributed by atoms with Crippen LogP contribution in [0, 0.1) is 0 Å². The average molecular weight is 299 g/mol. The highest BCUT2D eigenvalue weighted by Crippen LogP contribution is 2.37. The highest BCUT2D eigenvalue weighted by molar-refractivity contribution is 7.92. The Balaban J connectivity index is 1.89. The van der Waals surface area contributed by atoms with E-state index in [0.29, 0.717) is 12.2 Å². The van der Waals surface area contributed by atoms with Crippen LogP contribution in [0.25, 0.3) is 0 Å². The topological polar surface area (TPSA) is 34.1 Å². The second kappa shape index (κ2) is 5.10. The van der Waals surface area contributed by atoms with Gasteiger partial charge in [-0.15, -0.1) is 11.6 Å².